The van der Waals surface area contributed by atoms with E-state index >= 15 is 0 Å². The quantitative estimate of drug-likeness (QED) is 0.170. The Bertz CT molecular complexity index is 1290. The lowest BCUT2D eigenvalue weighted by molar-refractivity contribution is -0.137. The number of nitrogens with one attached hydrogen (secondary N) is 3. The summed E-state index contributed by atoms with van der Waals surface area (Å²) in [6.07, 6.45) is -4.06. The molecule has 208 valence electrons. The molecule has 7 nitrogen and oxygen atoms in total. The number of amides is 2. The zero-order valence-corrected chi connectivity index (χ0v) is 21.7. The first-order valence-corrected chi connectivity index (χ1v) is 12.4. The number of phenols is 1. The zero-order valence-electron chi connectivity index (χ0n) is 21.7. The lowest BCUT2D eigenvalue weighted by Gasteiger charge is -2.28. The minimum Gasteiger partial charge on any atom is -0.506 e. The van der Waals surface area contributed by atoms with Gasteiger partial charge in [0.05, 0.1) is 17.4 Å². The number of phenolic OH excluding ortho intramolecular Hbond substituents is 1. The van der Waals surface area contributed by atoms with Crippen molar-refractivity contribution in [1.82, 2.24) is 10.6 Å². The molecule has 39 heavy (non-hydrogen) atoms. The fourth-order valence-corrected chi connectivity index (χ4v) is 4.15. The van der Waals surface area contributed by atoms with Crippen LogP contribution in [-0.2, 0) is 23.8 Å². The molecule has 3 rings (SSSR count). The van der Waals surface area contributed by atoms with Gasteiger partial charge in [0.15, 0.2) is 0 Å². The molecule has 0 unspecified atom stereocenters. The molecule has 0 radical (unpaired) electrons. The van der Waals surface area contributed by atoms with E-state index in [1.165, 1.54) is 18.2 Å². The predicted octanol–water partition coefficient (Wildman–Crippen LogP) is 4.60. The fraction of sp³-hybridized carbons (Fsp3) is 0.310. The Morgan fingerprint density at radius 1 is 1.00 bits per heavy atom. The number of anilines is 1. The molecule has 0 aliphatic carbocycles. The van der Waals surface area contributed by atoms with Crippen LogP contribution in [0.4, 0.5) is 18.9 Å². The van der Waals surface area contributed by atoms with Crippen molar-refractivity contribution in [2.75, 3.05) is 18.4 Å². The molecule has 0 fully saturated rings. The van der Waals surface area contributed by atoms with Gasteiger partial charge in [-0.05, 0) is 73.7 Å². The van der Waals surface area contributed by atoms with Crippen molar-refractivity contribution in [3.8, 4) is 5.75 Å². The van der Waals surface area contributed by atoms with E-state index in [1.54, 1.807) is 30.3 Å². The number of benzene rings is 3. The van der Waals surface area contributed by atoms with Crippen LogP contribution in [0.5, 0.6) is 5.75 Å². The van der Waals surface area contributed by atoms with Gasteiger partial charge in [-0.15, -0.1) is 0 Å². The maximum atomic E-state index is 12.9. The zero-order chi connectivity index (χ0) is 28.6. The normalized spacial score (nSPS) is 12.6. The number of hydrogen-bond acceptors (Lipinski definition) is 5. The van der Waals surface area contributed by atoms with E-state index in [2.05, 4.69) is 16.0 Å². The van der Waals surface area contributed by atoms with Gasteiger partial charge >= 0.3 is 6.18 Å². The highest BCUT2D eigenvalue weighted by atomic mass is 19.4. The van der Waals surface area contributed by atoms with Crippen LogP contribution >= 0.6 is 0 Å². The lowest BCUT2D eigenvalue weighted by atomic mass is 9.93. The van der Waals surface area contributed by atoms with Crippen molar-refractivity contribution < 1.29 is 33.0 Å². The van der Waals surface area contributed by atoms with Crippen molar-refractivity contribution in [2.24, 2.45) is 0 Å². The van der Waals surface area contributed by atoms with Gasteiger partial charge in [-0.3, -0.25) is 9.59 Å². The summed E-state index contributed by atoms with van der Waals surface area (Å²) in [7, 11) is 0. The average Bonchev–Trinajstić information content (AvgIpc) is 2.88. The molecule has 0 spiro atoms. The first-order chi connectivity index (χ1) is 18.4. The highest BCUT2D eigenvalue weighted by Gasteiger charge is 2.30. The molecule has 0 bridgehead atoms. The molecule has 0 saturated heterocycles. The first-order valence-electron chi connectivity index (χ1n) is 12.4. The average molecular weight is 544 g/mol. The molecule has 0 aliphatic heterocycles. The summed E-state index contributed by atoms with van der Waals surface area (Å²) < 4.78 is 38.7. The van der Waals surface area contributed by atoms with Crippen LogP contribution < -0.4 is 16.0 Å². The van der Waals surface area contributed by atoms with Crippen LogP contribution in [0.15, 0.2) is 66.7 Å². The summed E-state index contributed by atoms with van der Waals surface area (Å²) in [5.41, 5.74) is 1.35. The number of carbonyl (C=O) groups is 2. The summed E-state index contributed by atoms with van der Waals surface area (Å²) in [6, 6.07) is 16.6. The van der Waals surface area contributed by atoms with Gasteiger partial charge in [-0.25, -0.2) is 0 Å². The van der Waals surface area contributed by atoms with Gasteiger partial charge in [-0.2, -0.15) is 13.2 Å². The van der Waals surface area contributed by atoms with Crippen LogP contribution in [0.1, 0.15) is 52.6 Å². The Labute approximate surface area is 225 Å². The number of halogens is 3. The smallest absolute Gasteiger partial charge is 0.416 e. The molecule has 0 aromatic heterocycles. The second-order valence-electron chi connectivity index (χ2n) is 9.90. The van der Waals surface area contributed by atoms with Gasteiger partial charge in [0.1, 0.15) is 5.75 Å². The minimum atomic E-state index is -4.41. The Balaban J connectivity index is 1.54. The fourth-order valence-electron chi connectivity index (χ4n) is 4.15. The van der Waals surface area contributed by atoms with Crippen LogP contribution in [-0.4, -0.2) is 41.2 Å². The molecule has 5 N–H and O–H groups in total. The summed E-state index contributed by atoms with van der Waals surface area (Å²) in [4.78, 5) is 23.4. The number of aliphatic hydroxyl groups excluding tert-OH is 1. The molecule has 0 heterocycles. The molecule has 0 aliphatic rings. The molecular formula is C29H32F3N3O4. The third kappa shape index (κ3) is 8.83. The number of rotatable bonds is 12. The Morgan fingerprint density at radius 2 is 1.72 bits per heavy atom. The number of hydrogen-bond donors (Lipinski definition) is 5. The maximum absolute atomic E-state index is 12.9. The second-order valence-corrected chi connectivity index (χ2v) is 9.90. The van der Waals surface area contributed by atoms with E-state index in [9.17, 15) is 33.0 Å². The van der Waals surface area contributed by atoms with Gasteiger partial charge in [0.25, 0.3) is 5.91 Å². The van der Waals surface area contributed by atoms with Gasteiger partial charge < -0.3 is 26.2 Å². The van der Waals surface area contributed by atoms with Gasteiger partial charge in [-0.1, -0.05) is 36.4 Å². The standard InChI is InChI=1S/C29H32F3N3O4/c1-28(2,35-17-26(38)21-9-10-25(37)24(15-21)34-18-36)16-20-6-3-7-22(13-20)27(39)33-12-11-19-5-4-8-23(14-19)29(30,31)32/h3-10,13-15,18,26,35,37-38H,11-12,16-17H2,1-2H3,(H,33,39)(H,34,36)/t26-/m0/s1. The summed E-state index contributed by atoms with van der Waals surface area (Å²) >= 11 is 0. The number of aliphatic hydroxyl groups is 1. The van der Waals surface area contributed by atoms with E-state index in [-0.39, 0.29) is 36.9 Å². The number of alkyl halides is 3. The number of carbonyl (C=O) groups excluding carboxylic acids is 2. The summed E-state index contributed by atoms with van der Waals surface area (Å²) in [6.45, 7) is 4.31. The minimum absolute atomic E-state index is 0.106. The van der Waals surface area contributed by atoms with Crippen molar-refractivity contribution in [2.45, 2.75) is 44.5 Å². The predicted molar refractivity (Wildman–Crippen MR) is 142 cm³/mol. The SMILES string of the molecule is CC(C)(Cc1cccc(C(=O)NCCc2cccc(C(F)(F)F)c2)c1)NC[C@H](O)c1ccc(O)c(NC=O)c1. The van der Waals surface area contributed by atoms with Crippen LogP contribution in [0.2, 0.25) is 0 Å². The largest absolute Gasteiger partial charge is 0.506 e. The van der Waals surface area contributed by atoms with Gasteiger partial charge in [0.2, 0.25) is 6.41 Å². The molecule has 0 saturated carbocycles. The summed E-state index contributed by atoms with van der Waals surface area (Å²) in [5, 5.41) is 28.8. The number of β-amino-alcohol motifs (C(OH)–C–C–N with tert-alkyl or cyclic N) is 1. The Morgan fingerprint density at radius 3 is 2.44 bits per heavy atom. The molecule has 2 amide bonds. The van der Waals surface area contributed by atoms with Crippen molar-refractivity contribution in [3.63, 3.8) is 0 Å². The molecule has 1 atom stereocenters. The molecule has 3 aromatic rings. The Hall–Kier alpha value is -3.89. The Kier molecular flexibility index (Phi) is 9.71. The van der Waals surface area contributed by atoms with Crippen LogP contribution in [0.25, 0.3) is 0 Å². The van der Waals surface area contributed by atoms with Crippen LogP contribution in [0, 0.1) is 0 Å². The van der Waals surface area contributed by atoms with Gasteiger partial charge in [0, 0.05) is 24.2 Å². The van der Waals surface area contributed by atoms with E-state index < -0.39 is 23.4 Å². The van der Waals surface area contributed by atoms with Crippen molar-refractivity contribution in [1.29, 1.82) is 0 Å². The third-order valence-electron chi connectivity index (χ3n) is 6.18. The highest BCUT2D eigenvalue weighted by molar-refractivity contribution is 5.94. The molecule has 3 aromatic carbocycles. The highest BCUT2D eigenvalue weighted by Crippen LogP contribution is 2.30. The summed E-state index contributed by atoms with van der Waals surface area (Å²) in [5.74, 6) is -0.428. The van der Waals surface area contributed by atoms with E-state index in [0.717, 1.165) is 17.7 Å². The number of aromatic hydroxyl groups is 1. The monoisotopic (exact) mass is 543 g/mol. The van der Waals surface area contributed by atoms with Crippen molar-refractivity contribution >= 4 is 18.0 Å². The van der Waals surface area contributed by atoms with Crippen molar-refractivity contribution in [3.05, 3.63) is 94.5 Å². The molecular weight excluding hydrogens is 511 g/mol. The first kappa shape index (κ1) is 29.7. The topological polar surface area (TPSA) is 111 Å². The van der Waals surface area contributed by atoms with Crippen LogP contribution in [0.3, 0.4) is 0 Å². The third-order valence-corrected chi connectivity index (χ3v) is 6.18. The molecule has 10 heteroatoms. The van der Waals surface area contributed by atoms with E-state index in [1.807, 2.05) is 19.9 Å². The lowest BCUT2D eigenvalue weighted by Crippen LogP contribution is -2.43. The van der Waals surface area contributed by atoms with E-state index in [0.29, 0.717) is 29.5 Å². The maximum Gasteiger partial charge on any atom is 0.416 e. The second kappa shape index (κ2) is 12.8. The van der Waals surface area contributed by atoms with E-state index in [4.69, 9.17) is 0 Å².